The number of hydrogen-bond donors (Lipinski definition) is 0. The molecule has 2 aliphatic heterocycles. The van der Waals surface area contributed by atoms with Crippen LogP contribution in [0.3, 0.4) is 0 Å². The number of piperidine rings is 1. The SMILES string of the molecule is COc1cc(-c2ccc(CN(c3ccc4c(c3)OCO4)C3CCN(Cc4cccnc4-c4cc(OC)c(OC)c(OC)c4)CC3)cn2)cc(OC)c1OC. The first-order chi connectivity index (χ1) is 26.5. The fourth-order valence-corrected chi connectivity index (χ4v) is 7.28. The van der Waals surface area contributed by atoms with Crippen LogP contribution >= 0.6 is 0 Å². The maximum absolute atomic E-state index is 5.79. The lowest BCUT2D eigenvalue weighted by Crippen LogP contribution is -2.44. The maximum Gasteiger partial charge on any atom is 0.231 e. The summed E-state index contributed by atoms with van der Waals surface area (Å²) in [5.74, 6) is 4.99. The number of nitrogens with zero attached hydrogens (tertiary/aromatic N) is 4. The summed E-state index contributed by atoms with van der Waals surface area (Å²) in [4.78, 5) is 14.6. The van der Waals surface area contributed by atoms with Crippen LogP contribution in [0.25, 0.3) is 22.5 Å². The molecular formula is C42H46N4O8. The zero-order valence-electron chi connectivity index (χ0n) is 31.6. The van der Waals surface area contributed by atoms with Gasteiger partial charge in [0.15, 0.2) is 34.5 Å². The molecule has 1 fully saturated rings. The smallest absolute Gasteiger partial charge is 0.231 e. The summed E-state index contributed by atoms with van der Waals surface area (Å²) in [6.07, 6.45) is 5.72. The Morgan fingerprint density at radius 3 is 1.91 bits per heavy atom. The molecular weight excluding hydrogens is 688 g/mol. The van der Waals surface area contributed by atoms with E-state index in [-0.39, 0.29) is 6.79 Å². The number of methoxy groups -OCH3 is 6. The van der Waals surface area contributed by atoms with E-state index in [4.69, 9.17) is 47.9 Å². The highest BCUT2D eigenvalue weighted by Gasteiger charge is 2.28. The third-order valence-corrected chi connectivity index (χ3v) is 10.0. The van der Waals surface area contributed by atoms with Crippen LogP contribution in [0, 0.1) is 0 Å². The standard InChI is InChI=1S/C42H46N4O8/c1-47-36-18-29(19-37(48-2)41(36)51-5)33-11-9-27(23-44-33)24-46(32-10-12-34-35(22-32)54-26-53-34)31-13-16-45(17-14-31)25-28-8-7-15-43-40(28)30-20-38(49-3)42(52-6)39(21-30)50-4/h7-12,15,18-23,31H,13-14,16-17,24-26H2,1-6H3. The quantitative estimate of drug-likeness (QED) is 0.115. The third-order valence-electron chi connectivity index (χ3n) is 10.0. The fraction of sp³-hybridized carbons (Fsp3) is 0.333. The number of rotatable bonds is 14. The molecule has 0 amide bonds. The van der Waals surface area contributed by atoms with E-state index in [1.807, 2.05) is 54.9 Å². The van der Waals surface area contributed by atoms with Crippen LogP contribution in [0.4, 0.5) is 5.69 Å². The molecule has 4 heterocycles. The Morgan fingerprint density at radius 1 is 0.685 bits per heavy atom. The molecule has 0 N–H and O–H groups in total. The minimum Gasteiger partial charge on any atom is -0.493 e. The van der Waals surface area contributed by atoms with Crippen molar-refractivity contribution >= 4 is 5.69 Å². The van der Waals surface area contributed by atoms with Gasteiger partial charge in [0.05, 0.1) is 54.0 Å². The third kappa shape index (κ3) is 7.47. The van der Waals surface area contributed by atoms with E-state index in [0.717, 1.165) is 83.3 Å². The number of anilines is 1. The van der Waals surface area contributed by atoms with Crippen molar-refractivity contribution in [1.82, 2.24) is 14.9 Å². The summed E-state index contributed by atoms with van der Waals surface area (Å²) in [6, 6.07) is 22.5. The number of aromatic nitrogens is 2. The highest BCUT2D eigenvalue weighted by Crippen LogP contribution is 2.43. The lowest BCUT2D eigenvalue weighted by molar-refractivity contribution is 0.174. The first-order valence-corrected chi connectivity index (χ1v) is 17.8. The van der Waals surface area contributed by atoms with E-state index >= 15 is 0 Å². The first-order valence-electron chi connectivity index (χ1n) is 17.8. The fourth-order valence-electron chi connectivity index (χ4n) is 7.28. The summed E-state index contributed by atoms with van der Waals surface area (Å²) in [5, 5.41) is 0. The van der Waals surface area contributed by atoms with Crippen LogP contribution in [0.1, 0.15) is 24.0 Å². The van der Waals surface area contributed by atoms with E-state index in [9.17, 15) is 0 Å². The zero-order valence-corrected chi connectivity index (χ0v) is 31.6. The number of hydrogen-bond acceptors (Lipinski definition) is 12. The average Bonchev–Trinajstić information content (AvgIpc) is 3.70. The molecule has 5 aromatic rings. The minimum absolute atomic E-state index is 0.232. The highest BCUT2D eigenvalue weighted by molar-refractivity contribution is 5.71. The molecule has 1 saturated heterocycles. The summed E-state index contributed by atoms with van der Waals surface area (Å²) in [7, 11) is 9.68. The van der Waals surface area contributed by atoms with Gasteiger partial charge < -0.3 is 42.8 Å². The zero-order chi connectivity index (χ0) is 37.6. The Bertz CT molecular complexity index is 2020. The van der Waals surface area contributed by atoms with Gasteiger partial charge in [0, 0.05) is 67.5 Å². The molecule has 7 rings (SSSR count). The highest BCUT2D eigenvalue weighted by atomic mass is 16.7. The van der Waals surface area contributed by atoms with Crippen molar-refractivity contribution in [2.24, 2.45) is 0 Å². The van der Waals surface area contributed by atoms with E-state index in [1.165, 1.54) is 0 Å². The van der Waals surface area contributed by atoms with Crippen LogP contribution in [0.2, 0.25) is 0 Å². The molecule has 0 spiro atoms. The molecule has 282 valence electrons. The van der Waals surface area contributed by atoms with Crippen molar-refractivity contribution in [3.8, 4) is 68.5 Å². The number of pyridine rings is 2. The summed E-state index contributed by atoms with van der Waals surface area (Å²) < 4.78 is 44.9. The Morgan fingerprint density at radius 2 is 1.31 bits per heavy atom. The number of benzene rings is 3. The number of ether oxygens (including phenoxy) is 8. The second-order valence-electron chi connectivity index (χ2n) is 13.1. The maximum atomic E-state index is 5.79. The van der Waals surface area contributed by atoms with Gasteiger partial charge in [0.1, 0.15) is 0 Å². The lowest BCUT2D eigenvalue weighted by atomic mass is 9.99. The lowest BCUT2D eigenvalue weighted by Gasteiger charge is -2.40. The van der Waals surface area contributed by atoms with E-state index in [1.54, 1.807) is 42.7 Å². The van der Waals surface area contributed by atoms with Crippen molar-refractivity contribution < 1.29 is 37.9 Å². The first kappa shape index (κ1) is 36.5. The van der Waals surface area contributed by atoms with Gasteiger partial charge in [0.25, 0.3) is 0 Å². The summed E-state index contributed by atoms with van der Waals surface area (Å²) in [5.41, 5.74) is 6.80. The molecule has 0 aliphatic carbocycles. The van der Waals surface area contributed by atoms with Crippen molar-refractivity contribution in [2.75, 3.05) is 67.4 Å². The Hall–Kier alpha value is -5.88. The van der Waals surface area contributed by atoms with Gasteiger partial charge in [-0.15, -0.1) is 0 Å². The second-order valence-corrected chi connectivity index (χ2v) is 13.1. The number of likely N-dealkylation sites (tertiary alicyclic amines) is 1. The molecule has 12 heteroatoms. The molecule has 2 aromatic heterocycles. The normalized spacial score (nSPS) is 14.0. The molecule has 54 heavy (non-hydrogen) atoms. The van der Waals surface area contributed by atoms with Crippen LogP contribution in [0.5, 0.6) is 46.0 Å². The molecule has 12 nitrogen and oxygen atoms in total. The van der Waals surface area contributed by atoms with Gasteiger partial charge in [-0.05, 0) is 72.5 Å². The second kappa shape index (κ2) is 16.4. The van der Waals surface area contributed by atoms with E-state index in [2.05, 4.69) is 34.1 Å². The van der Waals surface area contributed by atoms with Crippen molar-refractivity contribution in [3.63, 3.8) is 0 Å². The largest absolute Gasteiger partial charge is 0.493 e. The van der Waals surface area contributed by atoms with Crippen molar-refractivity contribution in [2.45, 2.75) is 32.0 Å². The van der Waals surface area contributed by atoms with Crippen molar-refractivity contribution in [1.29, 1.82) is 0 Å². The predicted molar refractivity (Wildman–Crippen MR) is 206 cm³/mol. The number of fused-ring (bicyclic) bond motifs is 1. The molecule has 0 radical (unpaired) electrons. The Labute approximate surface area is 316 Å². The Balaban J connectivity index is 1.10. The minimum atomic E-state index is 0.232. The van der Waals surface area contributed by atoms with Gasteiger partial charge in [0.2, 0.25) is 18.3 Å². The van der Waals surface area contributed by atoms with Gasteiger partial charge in [-0.2, -0.15) is 0 Å². The van der Waals surface area contributed by atoms with Crippen LogP contribution in [0.15, 0.2) is 79.1 Å². The van der Waals surface area contributed by atoms with Gasteiger partial charge in [-0.25, -0.2) is 0 Å². The van der Waals surface area contributed by atoms with E-state index < -0.39 is 0 Å². The van der Waals surface area contributed by atoms with Gasteiger partial charge in [-0.3, -0.25) is 14.9 Å². The van der Waals surface area contributed by atoms with Crippen molar-refractivity contribution in [3.05, 3.63) is 90.3 Å². The molecule has 0 unspecified atom stereocenters. The molecule has 3 aromatic carbocycles. The Kier molecular flexibility index (Phi) is 11.1. The van der Waals surface area contributed by atoms with Crippen LogP contribution in [-0.2, 0) is 13.1 Å². The predicted octanol–water partition coefficient (Wildman–Crippen LogP) is 7.26. The van der Waals surface area contributed by atoms with Gasteiger partial charge >= 0.3 is 0 Å². The van der Waals surface area contributed by atoms with Crippen LogP contribution in [-0.4, -0.2) is 83.5 Å². The van der Waals surface area contributed by atoms with E-state index in [0.29, 0.717) is 47.1 Å². The summed E-state index contributed by atoms with van der Waals surface area (Å²) >= 11 is 0. The summed E-state index contributed by atoms with van der Waals surface area (Å²) in [6.45, 7) is 3.53. The average molecular weight is 735 g/mol. The van der Waals surface area contributed by atoms with Crippen LogP contribution < -0.4 is 42.8 Å². The monoisotopic (exact) mass is 734 g/mol. The van der Waals surface area contributed by atoms with Gasteiger partial charge in [-0.1, -0.05) is 12.1 Å². The molecule has 0 bridgehead atoms. The molecule has 0 saturated carbocycles. The topological polar surface area (TPSA) is 106 Å². The molecule has 2 aliphatic rings. The molecule has 0 atom stereocenters.